The molecule has 0 spiro atoms. The summed E-state index contributed by atoms with van der Waals surface area (Å²) in [6.07, 6.45) is -0.0715. The average molecular weight is 359 g/mol. The number of benzene rings is 1. The van der Waals surface area contributed by atoms with Crippen molar-refractivity contribution in [1.82, 2.24) is 10.3 Å². The van der Waals surface area contributed by atoms with Crippen LogP contribution in [0.2, 0.25) is 0 Å². The highest BCUT2D eigenvalue weighted by Gasteiger charge is 2.34. The van der Waals surface area contributed by atoms with Crippen molar-refractivity contribution >= 4 is 17.5 Å². The van der Waals surface area contributed by atoms with Crippen LogP contribution in [0.5, 0.6) is 5.75 Å². The van der Waals surface area contributed by atoms with E-state index in [4.69, 9.17) is 4.74 Å². The SMILES string of the molecule is CC(C)c1cccc(O[C@@H]2CN(C(=O)C3=NNC(=O)CC3)CC[C@H]2O)c1. The third-order valence-electron chi connectivity index (χ3n) is 4.77. The number of piperidine rings is 1. The third-order valence-corrected chi connectivity index (χ3v) is 4.77. The van der Waals surface area contributed by atoms with Gasteiger partial charge in [-0.25, -0.2) is 5.43 Å². The molecule has 1 fully saturated rings. The number of carbonyl (C=O) groups is 2. The van der Waals surface area contributed by atoms with Crippen LogP contribution in [0.25, 0.3) is 0 Å². The van der Waals surface area contributed by atoms with Crippen molar-refractivity contribution in [2.24, 2.45) is 5.10 Å². The number of amides is 2. The molecule has 2 aliphatic heterocycles. The monoisotopic (exact) mass is 359 g/mol. The molecule has 0 aromatic heterocycles. The van der Waals surface area contributed by atoms with E-state index in [2.05, 4.69) is 24.4 Å². The number of likely N-dealkylation sites (tertiary alicyclic amines) is 1. The molecule has 0 radical (unpaired) electrons. The van der Waals surface area contributed by atoms with Crippen LogP contribution >= 0.6 is 0 Å². The zero-order valence-electron chi connectivity index (χ0n) is 15.1. The van der Waals surface area contributed by atoms with Crippen molar-refractivity contribution in [1.29, 1.82) is 0 Å². The quantitative estimate of drug-likeness (QED) is 0.850. The molecule has 7 nitrogen and oxygen atoms in total. The van der Waals surface area contributed by atoms with Crippen LogP contribution in [0.15, 0.2) is 29.4 Å². The van der Waals surface area contributed by atoms with Crippen molar-refractivity contribution in [3.05, 3.63) is 29.8 Å². The fourth-order valence-electron chi connectivity index (χ4n) is 3.14. The lowest BCUT2D eigenvalue weighted by Crippen LogP contribution is -2.53. The second kappa shape index (κ2) is 7.86. The number of carbonyl (C=O) groups excluding carboxylic acids is 2. The van der Waals surface area contributed by atoms with Crippen molar-refractivity contribution in [3.8, 4) is 5.75 Å². The summed E-state index contributed by atoms with van der Waals surface area (Å²) in [5, 5.41) is 14.2. The van der Waals surface area contributed by atoms with Gasteiger partial charge in [0.2, 0.25) is 5.91 Å². The molecule has 2 atom stereocenters. The highest BCUT2D eigenvalue weighted by atomic mass is 16.5. The largest absolute Gasteiger partial charge is 0.486 e. The van der Waals surface area contributed by atoms with Gasteiger partial charge in [0, 0.05) is 19.4 Å². The van der Waals surface area contributed by atoms with Gasteiger partial charge in [0.05, 0.1) is 12.6 Å². The summed E-state index contributed by atoms with van der Waals surface area (Å²) in [4.78, 5) is 25.4. The molecular formula is C19H25N3O4. The lowest BCUT2D eigenvalue weighted by atomic mass is 10.0. The van der Waals surface area contributed by atoms with E-state index in [1.54, 1.807) is 4.90 Å². The van der Waals surface area contributed by atoms with Gasteiger partial charge in [-0.1, -0.05) is 26.0 Å². The number of aliphatic hydroxyl groups is 1. The molecule has 1 saturated heterocycles. The molecule has 1 aromatic rings. The van der Waals surface area contributed by atoms with Crippen LogP contribution in [0.3, 0.4) is 0 Å². The first kappa shape index (κ1) is 18.4. The first-order valence-electron chi connectivity index (χ1n) is 9.03. The molecule has 2 heterocycles. The highest BCUT2D eigenvalue weighted by molar-refractivity contribution is 6.39. The van der Waals surface area contributed by atoms with Gasteiger partial charge < -0.3 is 14.7 Å². The van der Waals surface area contributed by atoms with E-state index in [1.165, 1.54) is 0 Å². The van der Waals surface area contributed by atoms with E-state index < -0.39 is 12.2 Å². The molecule has 26 heavy (non-hydrogen) atoms. The Morgan fingerprint density at radius 3 is 2.88 bits per heavy atom. The van der Waals surface area contributed by atoms with Crippen molar-refractivity contribution in [2.45, 2.75) is 51.2 Å². The molecule has 7 heteroatoms. The van der Waals surface area contributed by atoms with E-state index in [1.807, 2.05) is 24.3 Å². The molecule has 0 saturated carbocycles. The number of rotatable bonds is 4. The Labute approximate surface area is 153 Å². The normalized spacial score (nSPS) is 23.5. The van der Waals surface area contributed by atoms with E-state index in [0.29, 0.717) is 43.3 Å². The Morgan fingerprint density at radius 1 is 1.38 bits per heavy atom. The number of nitrogens with zero attached hydrogens (tertiary/aromatic N) is 2. The van der Waals surface area contributed by atoms with Crippen LogP contribution in [-0.2, 0) is 9.59 Å². The average Bonchev–Trinajstić information content (AvgIpc) is 2.64. The fourth-order valence-corrected chi connectivity index (χ4v) is 3.14. The minimum Gasteiger partial charge on any atom is -0.486 e. The van der Waals surface area contributed by atoms with E-state index in [0.717, 1.165) is 5.56 Å². The predicted octanol–water partition coefficient (Wildman–Crippen LogP) is 1.42. The molecule has 2 aliphatic rings. The summed E-state index contributed by atoms with van der Waals surface area (Å²) in [5.74, 6) is 0.688. The summed E-state index contributed by atoms with van der Waals surface area (Å²) < 4.78 is 5.99. The molecule has 0 unspecified atom stereocenters. The van der Waals surface area contributed by atoms with E-state index in [9.17, 15) is 14.7 Å². The predicted molar refractivity (Wildman–Crippen MR) is 97.0 cm³/mol. The summed E-state index contributed by atoms with van der Waals surface area (Å²) in [6.45, 7) is 4.95. The molecule has 0 bridgehead atoms. The van der Waals surface area contributed by atoms with Crippen LogP contribution in [0.1, 0.15) is 44.6 Å². The van der Waals surface area contributed by atoms with Crippen molar-refractivity contribution in [2.75, 3.05) is 13.1 Å². The number of aliphatic hydroxyl groups excluding tert-OH is 1. The maximum absolute atomic E-state index is 12.6. The second-order valence-corrected chi connectivity index (χ2v) is 7.08. The minimum absolute atomic E-state index is 0.179. The zero-order valence-corrected chi connectivity index (χ0v) is 15.1. The Balaban J connectivity index is 1.67. The Kier molecular flexibility index (Phi) is 5.56. The lowest BCUT2D eigenvalue weighted by Gasteiger charge is -2.36. The van der Waals surface area contributed by atoms with Gasteiger partial charge in [0.15, 0.2) is 0 Å². The molecule has 3 rings (SSSR count). The number of hydrogen-bond donors (Lipinski definition) is 2. The second-order valence-electron chi connectivity index (χ2n) is 7.08. The van der Waals surface area contributed by atoms with Gasteiger partial charge in [-0.2, -0.15) is 5.10 Å². The maximum atomic E-state index is 12.6. The molecule has 2 N–H and O–H groups in total. The van der Waals surface area contributed by atoms with Crippen LogP contribution in [0, 0.1) is 0 Å². The first-order chi connectivity index (χ1) is 12.4. The van der Waals surface area contributed by atoms with E-state index in [-0.39, 0.29) is 18.2 Å². The molecule has 140 valence electrons. The summed E-state index contributed by atoms with van der Waals surface area (Å²) in [5.41, 5.74) is 3.86. The van der Waals surface area contributed by atoms with Crippen molar-refractivity contribution in [3.63, 3.8) is 0 Å². The summed E-state index contributed by atoms with van der Waals surface area (Å²) >= 11 is 0. The Morgan fingerprint density at radius 2 is 2.19 bits per heavy atom. The molecule has 1 aromatic carbocycles. The van der Waals surface area contributed by atoms with Crippen LogP contribution < -0.4 is 10.2 Å². The first-order valence-corrected chi connectivity index (χ1v) is 9.03. The van der Waals surface area contributed by atoms with Crippen LogP contribution in [0.4, 0.5) is 0 Å². The van der Waals surface area contributed by atoms with Gasteiger partial charge in [-0.3, -0.25) is 9.59 Å². The molecular weight excluding hydrogens is 334 g/mol. The molecule has 2 amide bonds. The summed E-state index contributed by atoms with van der Waals surface area (Å²) in [6, 6.07) is 7.81. The molecule has 0 aliphatic carbocycles. The number of hydrazone groups is 1. The number of ether oxygens (including phenoxy) is 1. The minimum atomic E-state index is -0.630. The number of hydrogen-bond acceptors (Lipinski definition) is 5. The van der Waals surface area contributed by atoms with Gasteiger partial charge in [0.1, 0.15) is 17.6 Å². The fraction of sp³-hybridized carbons (Fsp3) is 0.526. The Hall–Kier alpha value is -2.41. The summed E-state index contributed by atoms with van der Waals surface area (Å²) in [7, 11) is 0. The highest BCUT2D eigenvalue weighted by Crippen LogP contribution is 2.24. The van der Waals surface area contributed by atoms with E-state index >= 15 is 0 Å². The topological polar surface area (TPSA) is 91.2 Å². The number of nitrogens with one attached hydrogen (secondary N) is 1. The Bertz CT molecular complexity index is 716. The lowest BCUT2D eigenvalue weighted by molar-refractivity contribution is -0.129. The smallest absolute Gasteiger partial charge is 0.270 e. The van der Waals surface area contributed by atoms with Gasteiger partial charge in [-0.05, 0) is 30.0 Å². The van der Waals surface area contributed by atoms with Gasteiger partial charge in [0.25, 0.3) is 5.91 Å². The zero-order chi connectivity index (χ0) is 18.7. The maximum Gasteiger partial charge on any atom is 0.270 e. The van der Waals surface area contributed by atoms with Gasteiger partial charge >= 0.3 is 0 Å². The standard InChI is InChI=1S/C19H25N3O4/c1-12(2)13-4-3-5-14(10-13)26-17-11-22(9-8-16(17)23)19(25)15-6-7-18(24)21-20-15/h3-5,10,12,16-17,23H,6-9,11H2,1-2H3,(H,21,24)/t16-,17-/m1/s1. The van der Waals surface area contributed by atoms with Crippen LogP contribution in [-0.4, -0.2) is 52.8 Å². The third kappa shape index (κ3) is 4.22. The van der Waals surface area contributed by atoms with Crippen molar-refractivity contribution < 1.29 is 19.4 Å². The van der Waals surface area contributed by atoms with Gasteiger partial charge in [-0.15, -0.1) is 0 Å².